The monoisotopic (exact) mass is 365 g/mol. The van der Waals surface area contributed by atoms with Crippen molar-refractivity contribution in [3.05, 3.63) is 57.8 Å². The van der Waals surface area contributed by atoms with Crippen LogP contribution in [0, 0.1) is 0 Å². The van der Waals surface area contributed by atoms with E-state index in [0.717, 1.165) is 0 Å². The number of hydrogen-bond donors (Lipinski definition) is 1. The summed E-state index contributed by atoms with van der Waals surface area (Å²) in [5.41, 5.74) is 1.03. The van der Waals surface area contributed by atoms with E-state index < -0.39 is 5.91 Å². The molecule has 2 aromatic rings. The van der Waals surface area contributed by atoms with Gasteiger partial charge in [-0.05, 0) is 38.1 Å². The van der Waals surface area contributed by atoms with Crippen LogP contribution < -0.4 is 5.32 Å². The van der Waals surface area contributed by atoms with Crippen molar-refractivity contribution in [3.63, 3.8) is 0 Å². The van der Waals surface area contributed by atoms with Crippen LogP contribution in [0.3, 0.4) is 0 Å². The number of carbonyl (C=O) groups excluding carboxylic acids is 2. The summed E-state index contributed by atoms with van der Waals surface area (Å²) in [7, 11) is 0. The second-order valence-electron chi connectivity index (χ2n) is 5.02. The molecule has 1 N–H and O–H groups in total. The number of halogens is 2. The molecule has 0 aliphatic heterocycles. The fourth-order valence-corrected chi connectivity index (χ4v) is 2.50. The van der Waals surface area contributed by atoms with E-state index in [4.69, 9.17) is 23.2 Å². The molecule has 5 nitrogen and oxygen atoms in total. The molecule has 0 unspecified atom stereocenters. The minimum absolute atomic E-state index is 0.164. The molecule has 0 fully saturated rings. The summed E-state index contributed by atoms with van der Waals surface area (Å²) in [6.07, 6.45) is 2.84. The van der Waals surface area contributed by atoms with E-state index in [-0.39, 0.29) is 11.5 Å². The van der Waals surface area contributed by atoms with Crippen LogP contribution in [-0.4, -0.2) is 34.8 Å². The standard InChI is InChI=1S/C17H17Cl2N3O2/c1-3-22(4-2)17(24)12-7-11(9-20-10-12)16(23)21-15-8-13(18)5-6-14(15)19/h5-10H,3-4H2,1-2H3,(H,21,23). The lowest BCUT2D eigenvalue weighted by Gasteiger charge is -2.18. The zero-order valence-corrected chi connectivity index (χ0v) is 14.9. The minimum atomic E-state index is -0.416. The molecule has 126 valence electrons. The molecule has 1 aromatic carbocycles. The number of rotatable bonds is 5. The van der Waals surface area contributed by atoms with Gasteiger partial charge in [-0.1, -0.05) is 23.2 Å². The van der Waals surface area contributed by atoms with Crippen LogP contribution >= 0.6 is 23.2 Å². The molecular formula is C17H17Cl2N3O2. The number of amides is 2. The molecule has 0 radical (unpaired) electrons. The highest BCUT2D eigenvalue weighted by Gasteiger charge is 2.16. The Morgan fingerprint density at radius 3 is 2.42 bits per heavy atom. The highest BCUT2D eigenvalue weighted by atomic mass is 35.5. The second-order valence-corrected chi connectivity index (χ2v) is 5.86. The first-order valence-corrected chi connectivity index (χ1v) is 8.22. The molecule has 2 amide bonds. The number of aromatic nitrogens is 1. The van der Waals surface area contributed by atoms with E-state index >= 15 is 0 Å². The van der Waals surface area contributed by atoms with Gasteiger partial charge in [0, 0.05) is 30.5 Å². The van der Waals surface area contributed by atoms with Gasteiger partial charge in [-0.15, -0.1) is 0 Å². The van der Waals surface area contributed by atoms with Gasteiger partial charge in [0.15, 0.2) is 0 Å². The number of carbonyl (C=O) groups is 2. The average molecular weight is 366 g/mol. The Hall–Kier alpha value is -2.11. The SMILES string of the molecule is CCN(CC)C(=O)c1cncc(C(=O)Nc2cc(Cl)ccc2Cl)c1. The van der Waals surface area contributed by atoms with Crippen molar-refractivity contribution in [2.24, 2.45) is 0 Å². The summed E-state index contributed by atoms with van der Waals surface area (Å²) in [6, 6.07) is 6.30. The molecule has 0 atom stereocenters. The molecule has 1 heterocycles. The van der Waals surface area contributed by atoms with Gasteiger partial charge in [-0.25, -0.2) is 0 Å². The molecule has 0 aliphatic rings. The van der Waals surface area contributed by atoms with E-state index in [1.54, 1.807) is 23.1 Å². The Kier molecular flexibility index (Phi) is 6.17. The van der Waals surface area contributed by atoms with Crippen LogP contribution in [0.4, 0.5) is 5.69 Å². The van der Waals surface area contributed by atoms with Gasteiger partial charge in [0.05, 0.1) is 21.8 Å². The lowest BCUT2D eigenvalue weighted by molar-refractivity contribution is 0.0772. The highest BCUT2D eigenvalue weighted by Crippen LogP contribution is 2.25. The third kappa shape index (κ3) is 4.24. The van der Waals surface area contributed by atoms with Crippen LogP contribution in [0.15, 0.2) is 36.7 Å². The minimum Gasteiger partial charge on any atom is -0.339 e. The van der Waals surface area contributed by atoms with E-state index in [2.05, 4.69) is 10.3 Å². The molecule has 0 saturated carbocycles. The van der Waals surface area contributed by atoms with Gasteiger partial charge in [0.2, 0.25) is 0 Å². The normalized spacial score (nSPS) is 10.3. The van der Waals surface area contributed by atoms with Crippen molar-refractivity contribution < 1.29 is 9.59 Å². The molecule has 0 spiro atoms. The van der Waals surface area contributed by atoms with E-state index in [0.29, 0.717) is 34.4 Å². The van der Waals surface area contributed by atoms with Crippen molar-refractivity contribution in [1.29, 1.82) is 0 Å². The maximum Gasteiger partial charge on any atom is 0.257 e. The summed E-state index contributed by atoms with van der Waals surface area (Å²) >= 11 is 11.9. The number of nitrogens with zero attached hydrogens (tertiary/aromatic N) is 2. The van der Waals surface area contributed by atoms with Crippen LogP contribution in [0.1, 0.15) is 34.6 Å². The topological polar surface area (TPSA) is 62.3 Å². The quantitative estimate of drug-likeness (QED) is 0.866. The summed E-state index contributed by atoms with van der Waals surface area (Å²) in [5.74, 6) is -0.580. The van der Waals surface area contributed by atoms with Crippen LogP contribution in [0.2, 0.25) is 10.0 Å². The lowest BCUT2D eigenvalue weighted by atomic mass is 10.1. The first-order chi connectivity index (χ1) is 11.5. The van der Waals surface area contributed by atoms with Crippen LogP contribution in [-0.2, 0) is 0 Å². The molecular weight excluding hydrogens is 349 g/mol. The highest BCUT2D eigenvalue weighted by molar-refractivity contribution is 6.35. The smallest absolute Gasteiger partial charge is 0.257 e. The van der Waals surface area contributed by atoms with E-state index in [1.165, 1.54) is 18.5 Å². The first-order valence-electron chi connectivity index (χ1n) is 7.47. The fraction of sp³-hybridized carbons (Fsp3) is 0.235. The van der Waals surface area contributed by atoms with Crippen molar-refractivity contribution in [2.45, 2.75) is 13.8 Å². The van der Waals surface area contributed by atoms with Gasteiger partial charge < -0.3 is 10.2 Å². The van der Waals surface area contributed by atoms with Crippen molar-refractivity contribution in [1.82, 2.24) is 9.88 Å². The maximum atomic E-state index is 12.4. The second kappa shape index (κ2) is 8.13. The summed E-state index contributed by atoms with van der Waals surface area (Å²) in [6.45, 7) is 4.97. The van der Waals surface area contributed by atoms with Crippen molar-refractivity contribution in [3.8, 4) is 0 Å². The largest absolute Gasteiger partial charge is 0.339 e. The predicted octanol–water partition coefficient (Wildman–Crippen LogP) is 4.12. The predicted molar refractivity (Wildman–Crippen MR) is 95.9 cm³/mol. The zero-order chi connectivity index (χ0) is 17.7. The van der Waals surface area contributed by atoms with Crippen molar-refractivity contribution >= 4 is 40.7 Å². The van der Waals surface area contributed by atoms with Gasteiger partial charge in [-0.2, -0.15) is 0 Å². The van der Waals surface area contributed by atoms with Gasteiger partial charge >= 0.3 is 0 Å². The summed E-state index contributed by atoms with van der Waals surface area (Å²) in [5, 5.41) is 3.50. The zero-order valence-electron chi connectivity index (χ0n) is 13.3. The average Bonchev–Trinajstić information content (AvgIpc) is 2.59. The third-order valence-electron chi connectivity index (χ3n) is 3.47. The van der Waals surface area contributed by atoms with Gasteiger partial charge in [-0.3, -0.25) is 14.6 Å². The molecule has 7 heteroatoms. The first kappa shape index (κ1) is 18.2. The fourth-order valence-electron chi connectivity index (χ4n) is 2.16. The Balaban J connectivity index is 2.23. The van der Waals surface area contributed by atoms with E-state index in [1.807, 2.05) is 13.8 Å². The van der Waals surface area contributed by atoms with Gasteiger partial charge in [0.1, 0.15) is 0 Å². The number of anilines is 1. The molecule has 2 rings (SSSR count). The third-order valence-corrected chi connectivity index (χ3v) is 4.04. The Morgan fingerprint density at radius 2 is 1.75 bits per heavy atom. The van der Waals surface area contributed by atoms with Crippen LogP contribution in [0.25, 0.3) is 0 Å². The van der Waals surface area contributed by atoms with E-state index in [9.17, 15) is 9.59 Å². The number of benzene rings is 1. The number of pyridine rings is 1. The summed E-state index contributed by atoms with van der Waals surface area (Å²) < 4.78 is 0. The number of nitrogens with one attached hydrogen (secondary N) is 1. The lowest BCUT2D eigenvalue weighted by Crippen LogP contribution is -2.30. The molecule has 24 heavy (non-hydrogen) atoms. The molecule has 1 aromatic heterocycles. The molecule has 0 bridgehead atoms. The van der Waals surface area contributed by atoms with Crippen molar-refractivity contribution in [2.75, 3.05) is 18.4 Å². The molecule has 0 aliphatic carbocycles. The van der Waals surface area contributed by atoms with Gasteiger partial charge in [0.25, 0.3) is 11.8 Å². The van der Waals surface area contributed by atoms with Crippen LogP contribution in [0.5, 0.6) is 0 Å². The Bertz CT molecular complexity index is 761. The molecule has 0 saturated heterocycles. The maximum absolute atomic E-state index is 12.4. The Labute approximate surface area is 150 Å². The Morgan fingerprint density at radius 1 is 1.08 bits per heavy atom. The number of hydrogen-bond acceptors (Lipinski definition) is 3. The summed E-state index contributed by atoms with van der Waals surface area (Å²) in [4.78, 5) is 30.4.